The van der Waals surface area contributed by atoms with E-state index in [2.05, 4.69) is 53.9 Å². The van der Waals surface area contributed by atoms with Crippen LogP contribution in [0.2, 0.25) is 18.1 Å². The van der Waals surface area contributed by atoms with Crippen LogP contribution in [-0.2, 0) is 11.5 Å². The van der Waals surface area contributed by atoms with Crippen molar-refractivity contribution in [2.75, 3.05) is 32.3 Å². The zero-order valence-corrected chi connectivity index (χ0v) is 25.2. The predicted molar refractivity (Wildman–Crippen MR) is 154 cm³/mol. The minimum absolute atomic E-state index is 0.0373. The van der Waals surface area contributed by atoms with E-state index >= 15 is 8.78 Å². The number of methoxy groups -OCH3 is 2. The van der Waals surface area contributed by atoms with Gasteiger partial charge in [0, 0.05) is 38.0 Å². The Morgan fingerprint density at radius 1 is 1.00 bits per heavy atom. The van der Waals surface area contributed by atoms with E-state index in [1.54, 1.807) is 29.2 Å². The summed E-state index contributed by atoms with van der Waals surface area (Å²) in [6.07, 6.45) is 5.64. The molecule has 40 heavy (non-hydrogen) atoms. The molecular weight excluding hydrogens is 534 g/mol. The van der Waals surface area contributed by atoms with Gasteiger partial charge in [-0.3, -0.25) is 9.67 Å². The number of aromatic nitrogens is 5. The van der Waals surface area contributed by atoms with Gasteiger partial charge in [-0.25, -0.2) is 18.7 Å². The molecule has 0 radical (unpaired) electrons. The van der Waals surface area contributed by atoms with Gasteiger partial charge in [-0.2, -0.15) is 5.10 Å². The van der Waals surface area contributed by atoms with E-state index in [0.717, 1.165) is 5.56 Å². The predicted octanol–water partition coefficient (Wildman–Crippen LogP) is 6.27. The lowest BCUT2D eigenvalue weighted by molar-refractivity contribution is 0.284. The maximum absolute atomic E-state index is 15.7. The Hall–Kier alpha value is -3.64. The SMILES string of the molecule is COc1cc(OC)c(F)c(N(CCCO[Si](C)(C)C(C)(C)C)c2ccc3ncc(-c4cnn(C)c4)nc3n2)c1F. The van der Waals surface area contributed by atoms with Crippen LogP contribution in [0.1, 0.15) is 27.2 Å². The summed E-state index contributed by atoms with van der Waals surface area (Å²) in [5, 5.41) is 4.23. The van der Waals surface area contributed by atoms with Gasteiger partial charge in [0.1, 0.15) is 17.0 Å². The Kier molecular flexibility index (Phi) is 8.40. The third-order valence-corrected chi connectivity index (χ3v) is 11.8. The summed E-state index contributed by atoms with van der Waals surface area (Å²) in [6, 6.07) is 4.58. The van der Waals surface area contributed by atoms with Gasteiger partial charge in [0.15, 0.2) is 37.1 Å². The lowest BCUT2D eigenvalue weighted by atomic mass is 10.2. The summed E-state index contributed by atoms with van der Waals surface area (Å²) >= 11 is 0. The van der Waals surface area contributed by atoms with Crippen LogP contribution in [0.3, 0.4) is 0 Å². The molecule has 4 rings (SSSR count). The summed E-state index contributed by atoms with van der Waals surface area (Å²) in [5.74, 6) is -1.71. The highest BCUT2D eigenvalue weighted by molar-refractivity contribution is 6.74. The number of ether oxygens (including phenoxy) is 2. The number of hydrogen-bond donors (Lipinski definition) is 0. The number of benzene rings is 1. The molecular formula is C28H36F2N6O3Si. The Morgan fingerprint density at radius 2 is 1.68 bits per heavy atom. The second kappa shape index (κ2) is 11.5. The number of aryl methyl sites for hydroxylation is 1. The Labute approximate surface area is 234 Å². The van der Waals surface area contributed by atoms with Gasteiger partial charge >= 0.3 is 0 Å². The smallest absolute Gasteiger partial charge is 0.191 e. The first-order chi connectivity index (χ1) is 18.9. The van der Waals surface area contributed by atoms with Crippen molar-refractivity contribution < 1.29 is 22.7 Å². The molecule has 3 aromatic heterocycles. The van der Waals surface area contributed by atoms with Crippen molar-refractivity contribution in [2.45, 2.75) is 45.3 Å². The number of hydrogen-bond acceptors (Lipinski definition) is 8. The second-order valence-electron chi connectivity index (χ2n) is 11.0. The largest absolute Gasteiger partial charge is 0.493 e. The number of nitrogens with zero attached hydrogens (tertiary/aromatic N) is 6. The molecule has 0 fully saturated rings. The normalized spacial score (nSPS) is 12.2. The van der Waals surface area contributed by atoms with Gasteiger partial charge in [0.2, 0.25) is 0 Å². The Morgan fingerprint density at radius 3 is 2.25 bits per heavy atom. The van der Waals surface area contributed by atoms with Gasteiger partial charge < -0.3 is 18.8 Å². The molecule has 0 aliphatic carbocycles. The van der Waals surface area contributed by atoms with Crippen molar-refractivity contribution in [3.63, 3.8) is 0 Å². The number of anilines is 2. The van der Waals surface area contributed by atoms with Crippen LogP contribution in [-0.4, -0.2) is 60.4 Å². The number of halogens is 2. The third-order valence-electron chi connectivity index (χ3n) is 7.28. The van der Waals surface area contributed by atoms with Gasteiger partial charge in [-0.1, -0.05) is 20.8 Å². The zero-order valence-electron chi connectivity index (χ0n) is 24.2. The molecule has 0 bridgehead atoms. The molecule has 0 N–H and O–H groups in total. The number of rotatable bonds is 10. The van der Waals surface area contributed by atoms with E-state index in [9.17, 15) is 0 Å². The van der Waals surface area contributed by atoms with Crippen LogP contribution >= 0.6 is 0 Å². The summed E-state index contributed by atoms with van der Waals surface area (Å²) < 4.78 is 49.8. The van der Waals surface area contributed by atoms with Crippen LogP contribution in [0.5, 0.6) is 11.5 Å². The van der Waals surface area contributed by atoms with Crippen molar-refractivity contribution in [1.29, 1.82) is 0 Å². The van der Waals surface area contributed by atoms with E-state index in [1.165, 1.54) is 25.2 Å². The molecule has 0 spiro atoms. The average Bonchev–Trinajstić information content (AvgIpc) is 3.35. The van der Waals surface area contributed by atoms with Crippen molar-refractivity contribution in [3.8, 4) is 22.8 Å². The molecule has 9 nitrogen and oxygen atoms in total. The lowest BCUT2D eigenvalue weighted by Crippen LogP contribution is -2.41. The minimum Gasteiger partial charge on any atom is -0.493 e. The summed E-state index contributed by atoms with van der Waals surface area (Å²) in [4.78, 5) is 15.3. The van der Waals surface area contributed by atoms with E-state index in [0.29, 0.717) is 35.7 Å². The molecule has 3 heterocycles. The lowest BCUT2D eigenvalue weighted by Gasteiger charge is -2.36. The molecule has 0 aliphatic rings. The first-order valence-electron chi connectivity index (χ1n) is 13.0. The van der Waals surface area contributed by atoms with Gasteiger partial charge in [-0.05, 0) is 36.7 Å². The van der Waals surface area contributed by atoms with Crippen molar-refractivity contribution >= 4 is 31.0 Å². The van der Waals surface area contributed by atoms with Crippen molar-refractivity contribution in [1.82, 2.24) is 24.7 Å². The Balaban J connectivity index is 1.76. The topological polar surface area (TPSA) is 87.4 Å². The fourth-order valence-electron chi connectivity index (χ4n) is 3.95. The Bertz CT molecular complexity index is 1480. The first kappa shape index (κ1) is 29.3. The average molecular weight is 571 g/mol. The molecule has 0 amide bonds. The van der Waals surface area contributed by atoms with Crippen LogP contribution in [0.4, 0.5) is 20.3 Å². The van der Waals surface area contributed by atoms with E-state index < -0.39 is 20.0 Å². The number of fused-ring (bicyclic) bond motifs is 1. The maximum Gasteiger partial charge on any atom is 0.191 e. The van der Waals surface area contributed by atoms with E-state index in [1.807, 2.05) is 13.2 Å². The fourth-order valence-corrected chi connectivity index (χ4v) is 5.04. The van der Waals surface area contributed by atoms with Crippen molar-refractivity contribution in [3.05, 3.63) is 48.4 Å². The highest BCUT2D eigenvalue weighted by atomic mass is 28.4. The highest BCUT2D eigenvalue weighted by Gasteiger charge is 2.37. The maximum atomic E-state index is 15.7. The molecule has 0 atom stereocenters. The molecule has 0 unspecified atom stereocenters. The summed E-state index contributed by atoms with van der Waals surface area (Å²) in [6.45, 7) is 11.5. The minimum atomic E-state index is -2.01. The van der Waals surface area contributed by atoms with Crippen molar-refractivity contribution in [2.24, 2.45) is 7.05 Å². The fraction of sp³-hybridized carbons (Fsp3) is 0.429. The molecule has 1 aromatic carbocycles. The summed E-state index contributed by atoms with van der Waals surface area (Å²) in [7, 11) is 2.45. The first-order valence-corrected chi connectivity index (χ1v) is 15.9. The van der Waals surface area contributed by atoms with Crippen LogP contribution in [0.15, 0.2) is 36.8 Å². The third kappa shape index (κ3) is 5.92. The molecule has 4 aromatic rings. The van der Waals surface area contributed by atoms with E-state index in [-0.39, 0.29) is 28.8 Å². The molecule has 12 heteroatoms. The van der Waals surface area contributed by atoms with Crippen LogP contribution < -0.4 is 14.4 Å². The van der Waals surface area contributed by atoms with Gasteiger partial charge in [0.25, 0.3) is 0 Å². The molecule has 0 saturated heterocycles. The quantitative estimate of drug-likeness (QED) is 0.163. The molecule has 214 valence electrons. The second-order valence-corrected chi connectivity index (χ2v) is 15.9. The standard InChI is InChI=1S/C28H36F2N6O3Si/c1-28(2,3)40(7,8)39-13-9-12-36(26-24(29)21(37-5)14-22(38-6)25(26)30)23-11-10-19-27(34-23)33-20(16-31-19)18-15-32-35(4)17-18/h10-11,14-17H,9,12-13H2,1-8H3. The van der Waals surface area contributed by atoms with Crippen LogP contribution in [0.25, 0.3) is 22.4 Å². The van der Waals surface area contributed by atoms with Gasteiger partial charge in [-0.15, -0.1) is 0 Å². The molecule has 0 saturated carbocycles. The van der Waals surface area contributed by atoms with Gasteiger partial charge in [0.05, 0.1) is 32.3 Å². The summed E-state index contributed by atoms with van der Waals surface area (Å²) in [5.41, 5.74) is 1.91. The highest BCUT2D eigenvalue weighted by Crippen LogP contribution is 2.40. The van der Waals surface area contributed by atoms with E-state index in [4.69, 9.17) is 13.9 Å². The zero-order chi connectivity index (χ0) is 29.2. The monoisotopic (exact) mass is 570 g/mol. The van der Waals surface area contributed by atoms with Crippen LogP contribution in [0, 0.1) is 11.6 Å². The number of pyridine rings is 1. The molecule has 0 aliphatic heterocycles.